The molecule has 0 bridgehead atoms. The zero-order valence-corrected chi connectivity index (χ0v) is 14.1. The van der Waals surface area contributed by atoms with E-state index in [4.69, 9.17) is 10.5 Å². The van der Waals surface area contributed by atoms with E-state index in [1.807, 2.05) is 13.8 Å². The molecule has 0 saturated heterocycles. The molecule has 1 aliphatic rings. The predicted octanol–water partition coefficient (Wildman–Crippen LogP) is 3.25. The Morgan fingerprint density at radius 3 is 2.73 bits per heavy atom. The van der Waals surface area contributed by atoms with Crippen molar-refractivity contribution in [2.75, 3.05) is 6.61 Å². The van der Waals surface area contributed by atoms with Crippen molar-refractivity contribution in [3.05, 3.63) is 28.8 Å². The molecule has 1 amide bonds. The van der Waals surface area contributed by atoms with Crippen LogP contribution in [-0.4, -0.2) is 12.5 Å². The first-order valence-corrected chi connectivity index (χ1v) is 8.33. The number of ether oxygens (including phenoxy) is 1. The number of fused-ring (bicyclic) bond motifs is 1. The van der Waals surface area contributed by atoms with E-state index in [0.29, 0.717) is 6.61 Å². The summed E-state index contributed by atoms with van der Waals surface area (Å²) < 4.78 is 5.89. The van der Waals surface area contributed by atoms with Crippen LogP contribution >= 0.6 is 0 Å². The van der Waals surface area contributed by atoms with Crippen molar-refractivity contribution in [3.63, 3.8) is 0 Å². The fraction of sp³-hybridized carbons (Fsp3) is 0.611. The summed E-state index contributed by atoms with van der Waals surface area (Å²) in [5.41, 5.74) is 9.61. The number of aryl methyl sites for hydroxylation is 1. The number of carbonyl (C=O) groups is 1. The van der Waals surface area contributed by atoms with Gasteiger partial charge in [0, 0.05) is 23.9 Å². The van der Waals surface area contributed by atoms with Crippen molar-refractivity contribution >= 4 is 5.91 Å². The lowest BCUT2D eigenvalue weighted by molar-refractivity contribution is -0.124. The number of nitrogens with one attached hydrogen (secondary N) is 1. The Balaban J connectivity index is 2.40. The third-order valence-corrected chi connectivity index (χ3v) is 4.33. The van der Waals surface area contributed by atoms with Crippen LogP contribution in [0.1, 0.15) is 69.3 Å². The molecule has 0 radical (unpaired) electrons. The third-order valence-electron chi connectivity index (χ3n) is 4.33. The molecular formula is C18H28N2O2. The smallest absolute Gasteiger partial charge is 0.223 e. The van der Waals surface area contributed by atoms with Crippen LogP contribution < -0.4 is 15.8 Å². The number of nitrogens with two attached hydrogens (primary N) is 1. The van der Waals surface area contributed by atoms with E-state index in [1.54, 1.807) is 0 Å². The van der Waals surface area contributed by atoms with Crippen LogP contribution in [0.5, 0.6) is 5.75 Å². The van der Waals surface area contributed by atoms with E-state index in [0.717, 1.165) is 36.1 Å². The lowest BCUT2D eigenvalue weighted by Crippen LogP contribution is -2.35. The zero-order chi connectivity index (χ0) is 16.3. The van der Waals surface area contributed by atoms with Gasteiger partial charge < -0.3 is 15.8 Å². The zero-order valence-electron chi connectivity index (χ0n) is 14.1. The van der Waals surface area contributed by atoms with Crippen LogP contribution in [0, 0.1) is 5.92 Å². The molecule has 122 valence electrons. The average molecular weight is 304 g/mol. The van der Waals surface area contributed by atoms with Crippen LogP contribution in [0.15, 0.2) is 12.1 Å². The Labute approximate surface area is 133 Å². The maximum absolute atomic E-state index is 12.1. The monoisotopic (exact) mass is 304 g/mol. The Kier molecular flexibility index (Phi) is 5.46. The number of rotatable bonds is 5. The van der Waals surface area contributed by atoms with Gasteiger partial charge in [0.25, 0.3) is 0 Å². The lowest BCUT2D eigenvalue weighted by Gasteiger charge is -2.30. The largest absolute Gasteiger partial charge is 0.493 e. The van der Waals surface area contributed by atoms with Gasteiger partial charge in [0.2, 0.25) is 5.91 Å². The van der Waals surface area contributed by atoms with Crippen LogP contribution in [0.4, 0.5) is 0 Å². The van der Waals surface area contributed by atoms with Crippen molar-refractivity contribution in [1.82, 2.24) is 5.32 Å². The molecule has 0 aliphatic carbocycles. The predicted molar refractivity (Wildman–Crippen MR) is 88.9 cm³/mol. The topological polar surface area (TPSA) is 64.3 Å². The molecule has 22 heavy (non-hydrogen) atoms. The Morgan fingerprint density at radius 1 is 1.41 bits per heavy atom. The van der Waals surface area contributed by atoms with Crippen molar-refractivity contribution in [2.45, 2.75) is 59.0 Å². The molecule has 0 spiro atoms. The van der Waals surface area contributed by atoms with Crippen LogP contribution in [0.3, 0.4) is 0 Å². The van der Waals surface area contributed by atoms with Crippen molar-refractivity contribution in [1.29, 1.82) is 0 Å². The first-order chi connectivity index (χ1) is 10.5. The number of benzene rings is 1. The van der Waals surface area contributed by atoms with E-state index in [-0.39, 0.29) is 23.9 Å². The number of carbonyl (C=O) groups excluding carboxylic acids is 1. The standard InChI is InChI=1S/C18H28N2O2/c1-5-12-9-13(15(19)6-2)10-14-16(7-8-22-17(12)14)20-18(21)11(3)4/h9-11,15-16H,5-8,19H2,1-4H3,(H,20,21). The highest BCUT2D eigenvalue weighted by atomic mass is 16.5. The fourth-order valence-corrected chi connectivity index (χ4v) is 2.81. The molecule has 2 unspecified atom stereocenters. The molecule has 0 saturated carbocycles. The second kappa shape index (κ2) is 7.14. The van der Waals surface area contributed by atoms with Gasteiger partial charge in [-0.2, -0.15) is 0 Å². The molecule has 4 heteroatoms. The maximum atomic E-state index is 12.1. The quantitative estimate of drug-likeness (QED) is 0.877. The molecular weight excluding hydrogens is 276 g/mol. The van der Waals surface area contributed by atoms with Gasteiger partial charge in [-0.15, -0.1) is 0 Å². The van der Waals surface area contributed by atoms with E-state index in [9.17, 15) is 4.79 Å². The molecule has 1 aromatic carbocycles. The minimum atomic E-state index is -0.0157. The Bertz CT molecular complexity index is 540. The summed E-state index contributed by atoms with van der Waals surface area (Å²) in [6.45, 7) is 8.68. The summed E-state index contributed by atoms with van der Waals surface area (Å²) in [6, 6.07) is 4.32. The second-order valence-electron chi connectivity index (χ2n) is 6.32. The van der Waals surface area contributed by atoms with Gasteiger partial charge in [-0.3, -0.25) is 4.79 Å². The van der Waals surface area contributed by atoms with E-state index < -0.39 is 0 Å². The van der Waals surface area contributed by atoms with Crippen molar-refractivity contribution in [3.8, 4) is 5.75 Å². The Hall–Kier alpha value is -1.55. The van der Waals surface area contributed by atoms with Crippen LogP contribution in [0.25, 0.3) is 0 Å². The summed E-state index contributed by atoms with van der Waals surface area (Å²) in [4.78, 5) is 12.1. The molecule has 2 rings (SSSR count). The highest BCUT2D eigenvalue weighted by Gasteiger charge is 2.27. The average Bonchev–Trinajstić information content (AvgIpc) is 2.53. The minimum Gasteiger partial charge on any atom is -0.493 e. The summed E-state index contributed by atoms with van der Waals surface area (Å²) in [7, 11) is 0. The van der Waals surface area contributed by atoms with Crippen LogP contribution in [-0.2, 0) is 11.2 Å². The van der Waals surface area contributed by atoms with E-state index in [1.165, 1.54) is 5.56 Å². The molecule has 0 aromatic heterocycles. The van der Waals surface area contributed by atoms with Crippen molar-refractivity contribution < 1.29 is 9.53 Å². The summed E-state index contributed by atoms with van der Waals surface area (Å²) >= 11 is 0. The molecule has 1 heterocycles. The maximum Gasteiger partial charge on any atom is 0.223 e. The molecule has 4 nitrogen and oxygen atoms in total. The Morgan fingerprint density at radius 2 is 2.14 bits per heavy atom. The van der Waals surface area contributed by atoms with Gasteiger partial charge in [0.15, 0.2) is 0 Å². The van der Waals surface area contributed by atoms with Gasteiger partial charge in [0.1, 0.15) is 5.75 Å². The molecule has 0 fully saturated rings. The summed E-state index contributed by atoms with van der Waals surface area (Å²) in [5, 5.41) is 3.15. The number of hydrogen-bond acceptors (Lipinski definition) is 3. The normalized spacial score (nSPS) is 18.5. The van der Waals surface area contributed by atoms with Gasteiger partial charge in [-0.25, -0.2) is 0 Å². The van der Waals surface area contributed by atoms with Crippen molar-refractivity contribution in [2.24, 2.45) is 11.7 Å². The van der Waals surface area contributed by atoms with Gasteiger partial charge in [-0.05, 0) is 30.0 Å². The lowest BCUT2D eigenvalue weighted by atomic mass is 9.91. The summed E-state index contributed by atoms with van der Waals surface area (Å²) in [5.74, 6) is 1.01. The van der Waals surface area contributed by atoms with E-state index in [2.05, 4.69) is 31.3 Å². The minimum absolute atomic E-state index is 0.0157. The summed E-state index contributed by atoms with van der Waals surface area (Å²) in [6.07, 6.45) is 2.60. The third kappa shape index (κ3) is 3.43. The molecule has 1 aromatic rings. The highest BCUT2D eigenvalue weighted by Crippen LogP contribution is 2.38. The first-order valence-electron chi connectivity index (χ1n) is 8.33. The number of amides is 1. The fourth-order valence-electron chi connectivity index (χ4n) is 2.81. The first kappa shape index (κ1) is 16.8. The molecule has 2 atom stereocenters. The highest BCUT2D eigenvalue weighted by molar-refractivity contribution is 5.78. The SMILES string of the molecule is CCc1cc(C(N)CC)cc2c1OCCC2NC(=O)C(C)C. The van der Waals surface area contributed by atoms with Gasteiger partial charge in [0.05, 0.1) is 12.6 Å². The van der Waals surface area contributed by atoms with E-state index >= 15 is 0 Å². The number of hydrogen-bond donors (Lipinski definition) is 2. The van der Waals surface area contributed by atoms with Crippen LogP contribution in [0.2, 0.25) is 0 Å². The van der Waals surface area contributed by atoms with Gasteiger partial charge >= 0.3 is 0 Å². The van der Waals surface area contributed by atoms with Gasteiger partial charge in [-0.1, -0.05) is 33.8 Å². The molecule has 3 N–H and O–H groups in total. The molecule has 1 aliphatic heterocycles. The second-order valence-corrected chi connectivity index (χ2v) is 6.32.